The Morgan fingerprint density at radius 3 is 1.44 bits per heavy atom. The average molecular weight is 600 g/mol. The van der Waals surface area contributed by atoms with Crippen LogP contribution < -0.4 is 5.32 Å². The van der Waals surface area contributed by atoms with Gasteiger partial charge in [0.1, 0.15) is 0 Å². The third-order valence-electron chi connectivity index (χ3n) is 6.49. The summed E-state index contributed by atoms with van der Waals surface area (Å²) in [6.45, 7) is 4.99. The molecule has 1 fully saturated rings. The lowest BCUT2D eigenvalue weighted by molar-refractivity contribution is -0.140. The lowest BCUT2D eigenvalue weighted by Crippen LogP contribution is -2.48. The number of carboxylic acids is 3. The largest absolute Gasteiger partial charge is 0.480 e. The minimum absolute atomic E-state index is 0.0265. The number of hydrogen-bond acceptors (Lipinski definition) is 9. The van der Waals surface area contributed by atoms with Crippen molar-refractivity contribution < 1.29 is 44.0 Å². The van der Waals surface area contributed by atoms with E-state index >= 15 is 0 Å². The zero-order valence-electron chi connectivity index (χ0n) is 23.6. The molecular formula is C26H42N5O9P. The van der Waals surface area contributed by atoms with Gasteiger partial charge in [0, 0.05) is 64.0 Å². The van der Waals surface area contributed by atoms with E-state index in [9.17, 15) is 44.0 Å². The fourth-order valence-electron chi connectivity index (χ4n) is 4.52. The maximum Gasteiger partial charge on any atom is 0.317 e. The maximum atomic E-state index is 13.3. The predicted molar refractivity (Wildman–Crippen MR) is 151 cm³/mol. The Morgan fingerprint density at radius 2 is 1.10 bits per heavy atom. The molecule has 1 atom stereocenters. The molecule has 15 heteroatoms. The number of nitrogens with zero attached hydrogens (tertiary/aromatic N) is 4. The Balaban J connectivity index is 2.16. The summed E-state index contributed by atoms with van der Waals surface area (Å²) >= 11 is 0. The molecule has 1 aliphatic heterocycles. The summed E-state index contributed by atoms with van der Waals surface area (Å²) in [5.74, 6) is -3.36. The summed E-state index contributed by atoms with van der Waals surface area (Å²) in [7, 11) is -3.76. The number of benzene rings is 1. The fraction of sp³-hybridized carbons (Fsp3) is 0.615. The molecule has 1 heterocycles. The van der Waals surface area contributed by atoms with Crippen LogP contribution >= 0.6 is 7.37 Å². The van der Waals surface area contributed by atoms with Gasteiger partial charge >= 0.3 is 17.9 Å². The highest BCUT2D eigenvalue weighted by Crippen LogP contribution is 2.45. The van der Waals surface area contributed by atoms with E-state index in [1.54, 1.807) is 43.9 Å². The number of amides is 1. The SMILES string of the molecule is CC(C)NC(=O)c1ccc(CP(=O)(O)CN2CCN(CC(=O)O)CCN(CC(=O)O)CCN(CC(=O)O)CC2)cc1. The van der Waals surface area contributed by atoms with Gasteiger partial charge < -0.3 is 25.5 Å². The van der Waals surface area contributed by atoms with Crippen LogP contribution in [0.1, 0.15) is 29.8 Å². The molecule has 0 saturated carbocycles. The highest BCUT2D eigenvalue weighted by molar-refractivity contribution is 7.57. The second kappa shape index (κ2) is 16.5. The Bertz CT molecular complexity index is 1050. The van der Waals surface area contributed by atoms with E-state index in [0.717, 1.165) is 0 Å². The predicted octanol–water partition coefficient (Wildman–Crippen LogP) is 0.0281. The van der Waals surface area contributed by atoms with Crippen molar-refractivity contribution in [2.75, 3.05) is 78.3 Å². The molecule has 41 heavy (non-hydrogen) atoms. The smallest absolute Gasteiger partial charge is 0.317 e. The number of carbonyl (C=O) groups is 4. The zero-order valence-corrected chi connectivity index (χ0v) is 24.5. The third kappa shape index (κ3) is 14.0. The molecule has 0 spiro atoms. The van der Waals surface area contributed by atoms with Gasteiger partial charge in [-0.2, -0.15) is 0 Å². The van der Waals surface area contributed by atoms with Crippen LogP contribution in [0.5, 0.6) is 0 Å². The number of hydrogen-bond donors (Lipinski definition) is 5. The van der Waals surface area contributed by atoms with Crippen LogP contribution in [0.4, 0.5) is 0 Å². The van der Waals surface area contributed by atoms with Crippen molar-refractivity contribution in [2.24, 2.45) is 0 Å². The van der Waals surface area contributed by atoms with E-state index in [4.69, 9.17) is 0 Å². The lowest BCUT2D eigenvalue weighted by atomic mass is 10.1. The summed E-state index contributed by atoms with van der Waals surface area (Å²) in [5, 5.41) is 30.8. The van der Waals surface area contributed by atoms with E-state index in [-0.39, 0.29) is 96.4 Å². The van der Waals surface area contributed by atoms with Crippen LogP contribution in [0.25, 0.3) is 0 Å². The molecule has 1 aromatic rings. The van der Waals surface area contributed by atoms with Gasteiger partial charge in [0.2, 0.25) is 7.37 Å². The Kier molecular flexibility index (Phi) is 13.9. The minimum atomic E-state index is -3.76. The number of nitrogens with one attached hydrogen (secondary N) is 1. The fourth-order valence-corrected chi connectivity index (χ4v) is 6.31. The highest BCUT2D eigenvalue weighted by atomic mass is 31.2. The van der Waals surface area contributed by atoms with E-state index < -0.39 is 25.3 Å². The van der Waals surface area contributed by atoms with Crippen molar-refractivity contribution in [1.29, 1.82) is 0 Å². The third-order valence-corrected chi connectivity index (χ3v) is 8.19. The quantitative estimate of drug-likeness (QED) is 0.202. The van der Waals surface area contributed by atoms with Crippen molar-refractivity contribution in [3.05, 3.63) is 35.4 Å². The Hall–Kier alpha value is -2.87. The molecule has 1 aromatic carbocycles. The van der Waals surface area contributed by atoms with Gasteiger partial charge in [-0.1, -0.05) is 12.1 Å². The van der Waals surface area contributed by atoms with Crippen LogP contribution in [0.3, 0.4) is 0 Å². The second-order valence-electron chi connectivity index (χ2n) is 10.6. The van der Waals surface area contributed by atoms with Gasteiger partial charge in [-0.15, -0.1) is 0 Å². The first-order chi connectivity index (χ1) is 19.2. The van der Waals surface area contributed by atoms with Gasteiger partial charge in [0.15, 0.2) is 0 Å². The molecule has 1 saturated heterocycles. The summed E-state index contributed by atoms with van der Waals surface area (Å²) in [6.07, 6.45) is -0.313. The van der Waals surface area contributed by atoms with Gasteiger partial charge in [0.25, 0.3) is 5.91 Å². The summed E-state index contributed by atoms with van der Waals surface area (Å²) in [4.78, 5) is 64.0. The Morgan fingerprint density at radius 1 is 0.732 bits per heavy atom. The number of carbonyl (C=O) groups excluding carboxylic acids is 1. The van der Waals surface area contributed by atoms with Crippen LogP contribution in [0, 0.1) is 0 Å². The van der Waals surface area contributed by atoms with Gasteiger partial charge in [-0.05, 0) is 31.5 Å². The summed E-state index contributed by atoms with van der Waals surface area (Å²) in [6, 6.07) is 6.46. The molecule has 0 aromatic heterocycles. The first kappa shape index (κ1) is 34.3. The Labute approximate surface area is 240 Å². The summed E-state index contributed by atoms with van der Waals surface area (Å²) in [5.41, 5.74) is 1.03. The molecule has 0 bridgehead atoms. The van der Waals surface area contributed by atoms with Gasteiger partial charge in [-0.25, -0.2) is 0 Å². The zero-order chi connectivity index (χ0) is 30.6. The van der Waals surface area contributed by atoms with Crippen LogP contribution in [-0.4, -0.2) is 148 Å². The van der Waals surface area contributed by atoms with E-state index in [2.05, 4.69) is 5.32 Å². The molecule has 2 rings (SSSR count). The minimum Gasteiger partial charge on any atom is -0.480 e. The molecular weight excluding hydrogens is 557 g/mol. The van der Waals surface area contributed by atoms with Crippen molar-refractivity contribution in [3.8, 4) is 0 Å². The molecule has 5 N–H and O–H groups in total. The molecule has 1 aliphatic rings. The lowest BCUT2D eigenvalue weighted by Gasteiger charge is -2.33. The van der Waals surface area contributed by atoms with Crippen LogP contribution in [0.15, 0.2) is 24.3 Å². The molecule has 1 amide bonds. The molecule has 14 nitrogen and oxygen atoms in total. The van der Waals surface area contributed by atoms with Crippen molar-refractivity contribution in [2.45, 2.75) is 26.1 Å². The van der Waals surface area contributed by atoms with E-state index in [0.29, 0.717) is 11.1 Å². The topological polar surface area (TPSA) is 191 Å². The molecule has 230 valence electrons. The standard InChI is InChI=1S/C26H42N5O9P/c1-20(2)27-26(38)22-5-3-21(4-6-22)18-41(39,40)19-31-13-11-29(16-24(34)35)9-7-28(15-23(32)33)8-10-30(12-14-31)17-25(36)37/h3-6,20H,7-19H2,1-2H3,(H,27,38)(H,32,33)(H,34,35)(H,36,37)(H,39,40). The number of aliphatic carboxylic acids is 3. The monoisotopic (exact) mass is 599 g/mol. The summed E-state index contributed by atoms with van der Waals surface area (Å²) < 4.78 is 13.3. The average Bonchev–Trinajstić information content (AvgIpc) is 2.84. The molecule has 0 aliphatic carbocycles. The van der Waals surface area contributed by atoms with E-state index in [1.807, 2.05) is 13.8 Å². The normalized spacial score (nSPS) is 18.6. The van der Waals surface area contributed by atoms with Gasteiger partial charge in [-0.3, -0.25) is 43.3 Å². The first-order valence-electron chi connectivity index (χ1n) is 13.5. The van der Waals surface area contributed by atoms with Crippen LogP contribution in [-0.2, 0) is 25.1 Å². The molecule has 1 unspecified atom stereocenters. The second-order valence-corrected chi connectivity index (χ2v) is 12.9. The van der Waals surface area contributed by atoms with E-state index in [1.165, 1.54) is 0 Å². The van der Waals surface area contributed by atoms with Crippen molar-refractivity contribution >= 4 is 31.2 Å². The van der Waals surface area contributed by atoms with Crippen molar-refractivity contribution in [3.63, 3.8) is 0 Å². The first-order valence-corrected chi connectivity index (χ1v) is 15.5. The highest BCUT2D eigenvalue weighted by Gasteiger charge is 2.26. The van der Waals surface area contributed by atoms with Crippen molar-refractivity contribution in [1.82, 2.24) is 24.9 Å². The van der Waals surface area contributed by atoms with Gasteiger partial charge in [0.05, 0.1) is 32.1 Å². The maximum absolute atomic E-state index is 13.3. The van der Waals surface area contributed by atoms with Crippen LogP contribution in [0.2, 0.25) is 0 Å². The molecule has 0 radical (unpaired) electrons. The number of carboxylic acid groups (broad SMARTS) is 3. The number of rotatable bonds is 12.